The van der Waals surface area contributed by atoms with Crippen molar-refractivity contribution in [1.82, 2.24) is 60.5 Å². The molecule has 14 atom stereocenters. The van der Waals surface area contributed by atoms with Crippen LogP contribution in [0.25, 0.3) is 0 Å². The average molecular weight is 1330 g/mol. The highest BCUT2D eigenvalue weighted by molar-refractivity contribution is 6.00. The maximum Gasteiger partial charge on any atom is 0.246 e. The fourth-order valence-electron chi connectivity index (χ4n) is 12.5. The van der Waals surface area contributed by atoms with Crippen LogP contribution in [0.5, 0.6) is 0 Å². The molecule has 2 saturated heterocycles. The Morgan fingerprint density at radius 3 is 1.44 bits per heavy atom. The van der Waals surface area contributed by atoms with Gasteiger partial charge in [-0.1, -0.05) is 102 Å². The molecule has 26 heteroatoms. The van der Waals surface area contributed by atoms with E-state index < -0.39 is 161 Å². The zero-order valence-electron chi connectivity index (χ0n) is 61.4. The second-order valence-corrected chi connectivity index (χ2v) is 27.8. The van der Waals surface area contributed by atoms with Crippen LogP contribution < -0.4 is 21.3 Å². The molecule has 0 aromatic carbocycles. The number of rotatable bonds is 19. The first-order valence-corrected chi connectivity index (χ1v) is 34.1. The van der Waals surface area contributed by atoms with Crippen LogP contribution in [-0.2, 0) is 62.2 Å². The largest absolute Gasteiger partial charge is 0.390 e. The van der Waals surface area contributed by atoms with E-state index in [9.17, 15) is 24.3 Å². The van der Waals surface area contributed by atoms with Gasteiger partial charge in [-0.25, -0.2) is 0 Å². The van der Waals surface area contributed by atoms with Crippen LogP contribution in [-0.4, -0.2) is 276 Å². The van der Waals surface area contributed by atoms with Gasteiger partial charge in [0, 0.05) is 74.4 Å². The molecule has 1 unspecified atom stereocenters. The minimum absolute atomic E-state index is 0.00535. The van der Waals surface area contributed by atoms with Gasteiger partial charge < -0.3 is 70.1 Å². The number of carbonyl (C=O) groups is 11. The minimum Gasteiger partial charge on any atom is -0.390 e. The van der Waals surface area contributed by atoms with Gasteiger partial charge in [-0.3, -0.25) is 57.6 Å². The number of aliphatic hydroxyl groups is 1. The Labute approximate surface area is 562 Å². The van der Waals surface area contributed by atoms with Gasteiger partial charge in [0.05, 0.1) is 32.0 Å². The van der Waals surface area contributed by atoms with Crippen molar-refractivity contribution < 1.29 is 67.3 Å². The highest BCUT2D eigenvalue weighted by atomic mass is 16.5. The van der Waals surface area contributed by atoms with E-state index in [-0.39, 0.29) is 63.0 Å². The van der Waals surface area contributed by atoms with Crippen LogP contribution in [0, 0.1) is 35.5 Å². The quantitative estimate of drug-likeness (QED) is 0.116. The summed E-state index contributed by atoms with van der Waals surface area (Å²) in [6.07, 6.45) is 1.23. The predicted molar refractivity (Wildman–Crippen MR) is 361 cm³/mol. The van der Waals surface area contributed by atoms with Crippen molar-refractivity contribution in [2.75, 3.05) is 88.3 Å². The molecular formula is C68H122N12O14. The lowest BCUT2D eigenvalue weighted by atomic mass is 9.93. The van der Waals surface area contributed by atoms with Crippen LogP contribution in [0.15, 0.2) is 12.2 Å². The van der Waals surface area contributed by atoms with E-state index in [1.54, 1.807) is 81.4 Å². The number of hydrogen-bond acceptors (Lipinski definition) is 15. The lowest BCUT2D eigenvalue weighted by Crippen LogP contribution is -2.64. The van der Waals surface area contributed by atoms with Crippen molar-refractivity contribution in [3.05, 3.63) is 12.2 Å². The molecule has 2 aliphatic heterocycles. The number of hydrogen-bond donors (Lipinski definition) is 5. The summed E-state index contributed by atoms with van der Waals surface area (Å²) in [6, 6.07) is -14.2. The molecular weight excluding hydrogens is 1210 g/mol. The average Bonchev–Trinajstić information content (AvgIpc) is 0.813. The Bertz CT molecular complexity index is 2560. The van der Waals surface area contributed by atoms with Gasteiger partial charge in [-0.2, -0.15) is 0 Å². The predicted octanol–water partition coefficient (Wildman–Crippen LogP) is 2.74. The van der Waals surface area contributed by atoms with E-state index in [4.69, 9.17) is 9.47 Å². The maximum atomic E-state index is 15.3. The molecule has 0 aromatic rings. The number of amides is 11. The zero-order valence-corrected chi connectivity index (χ0v) is 61.4. The summed E-state index contributed by atoms with van der Waals surface area (Å²) in [5.41, 5.74) is 0. The maximum absolute atomic E-state index is 15.3. The van der Waals surface area contributed by atoms with Crippen molar-refractivity contribution in [3.63, 3.8) is 0 Å². The second-order valence-electron chi connectivity index (χ2n) is 27.8. The van der Waals surface area contributed by atoms with E-state index in [0.717, 1.165) is 4.90 Å². The summed E-state index contributed by atoms with van der Waals surface area (Å²) in [7, 11) is 8.53. The lowest BCUT2D eigenvalue weighted by molar-refractivity contribution is -0.157. The molecule has 0 aromatic heterocycles. The van der Waals surface area contributed by atoms with Crippen molar-refractivity contribution in [1.29, 1.82) is 0 Å². The molecule has 2 aliphatic rings. The molecule has 5 N–H and O–H groups in total. The van der Waals surface area contributed by atoms with Gasteiger partial charge >= 0.3 is 0 Å². The van der Waals surface area contributed by atoms with Crippen LogP contribution >= 0.6 is 0 Å². The first kappa shape index (κ1) is 83.8. The molecule has 2 fully saturated rings. The third-order valence-electron chi connectivity index (χ3n) is 18.2. The van der Waals surface area contributed by atoms with Crippen LogP contribution in [0.4, 0.5) is 0 Å². The van der Waals surface area contributed by atoms with E-state index >= 15 is 33.6 Å². The Hall–Kier alpha value is -6.25. The van der Waals surface area contributed by atoms with Crippen molar-refractivity contribution in [2.45, 2.75) is 235 Å². The lowest BCUT2D eigenvalue weighted by Gasteiger charge is -2.41. The number of nitrogens with one attached hydrogen (secondary N) is 4. The molecule has 0 radical (unpaired) electrons. The van der Waals surface area contributed by atoms with Gasteiger partial charge in [0.15, 0.2) is 0 Å². The number of allylic oxidation sites excluding steroid dienone is 1. The Kier molecular flexibility index (Phi) is 34.9. The molecule has 2 rings (SSSR count). The van der Waals surface area contributed by atoms with Crippen molar-refractivity contribution >= 4 is 65.0 Å². The third kappa shape index (κ3) is 22.7. The van der Waals surface area contributed by atoms with E-state index in [1.807, 2.05) is 41.5 Å². The first-order valence-electron chi connectivity index (χ1n) is 34.1. The third-order valence-corrected chi connectivity index (χ3v) is 18.2. The zero-order chi connectivity index (χ0) is 72.1. The van der Waals surface area contributed by atoms with Gasteiger partial charge in [-0.15, -0.1) is 0 Å². The van der Waals surface area contributed by atoms with Crippen molar-refractivity contribution in [3.8, 4) is 0 Å². The highest BCUT2D eigenvalue weighted by Gasteiger charge is 2.47. The van der Waals surface area contributed by atoms with E-state index in [1.165, 1.54) is 85.5 Å². The number of nitrogens with zero attached hydrogens (tertiary/aromatic N) is 8. The number of ether oxygens (including phenoxy) is 2. The number of aliphatic hydroxyl groups excluding tert-OH is 1. The topological polar surface area (TPSA) is 300 Å². The Morgan fingerprint density at radius 2 is 0.957 bits per heavy atom. The SMILES string of the molecule is C/C=C/[C@@H](C)[C@@H](O)[C@H]1C(=O)N[C@@H](CC)C(=O)N(CC)[C@H](CC)C(=O)N(C)C([C@@H](C)OCCN2CCOCC2)C(=O)N[C@@H](C(C)C)C(=O)N(C)[C@@H](CC(C)C)C(=O)N[C@@H](C)C(=O)N[C@H](C)C(=O)N(C)[C@@H](CC(C)C)C(=O)N(C)[C@@H](CC(C)C)C(=O)N(C)[C@@H](C(C)C)C(=O)N1C. The fourth-order valence-corrected chi connectivity index (χ4v) is 12.5. The van der Waals surface area contributed by atoms with Crippen LogP contribution in [0.2, 0.25) is 0 Å². The van der Waals surface area contributed by atoms with Gasteiger partial charge in [0.25, 0.3) is 0 Å². The fraction of sp³-hybridized carbons (Fsp3) is 0.809. The van der Waals surface area contributed by atoms with Gasteiger partial charge in [0.1, 0.15) is 66.5 Å². The van der Waals surface area contributed by atoms with Gasteiger partial charge in [0.2, 0.25) is 65.0 Å². The number of likely N-dealkylation sites (N-methyl/N-ethyl adjacent to an activating group) is 7. The summed E-state index contributed by atoms with van der Waals surface area (Å²) in [6.45, 7) is 34.0. The molecule has 2 heterocycles. The van der Waals surface area contributed by atoms with Crippen molar-refractivity contribution in [2.24, 2.45) is 35.5 Å². The van der Waals surface area contributed by atoms with Crippen LogP contribution in [0.3, 0.4) is 0 Å². The minimum atomic E-state index is -1.66. The molecule has 26 nitrogen and oxygen atoms in total. The molecule has 94 heavy (non-hydrogen) atoms. The first-order chi connectivity index (χ1) is 43.8. The second kappa shape index (κ2) is 39.1. The Balaban J connectivity index is 3.08. The number of morpholine rings is 1. The molecule has 538 valence electrons. The Morgan fingerprint density at radius 1 is 0.500 bits per heavy atom. The van der Waals surface area contributed by atoms with E-state index in [0.29, 0.717) is 32.8 Å². The molecule has 0 bridgehead atoms. The molecule has 0 spiro atoms. The molecule has 0 saturated carbocycles. The standard InChI is InChI=1S/C68H122N12O14/c1-25-29-44(15)57(81)56-61(85)71-48(26-2)63(87)80(28-4)49(27-3)64(88)77(23)55(47(18)94-35-32-79-30-33-93-34-31-79)60(84)72-53(42(11)12)67(91)73(19)50(36-39(5)6)59(83)69-45(16)58(82)70-46(17)62(86)74(20)51(37-40(7)8)65(89)75(21)52(38-41(9)10)66(90)76(22)54(43(13)14)68(92)78(56)24/h25,29,39-57,81H,26-28,30-38H2,1-24H3,(H,69,83)(H,70,82)(H,71,85)(H,72,84)/b29-25+/t44-,45+,46-,47-,48+,49-,50+,51+,52+,53+,54+,55?,56+,57-/m1/s1. The summed E-state index contributed by atoms with van der Waals surface area (Å²) in [5.74, 6) is -10.1. The smallest absolute Gasteiger partial charge is 0.246 e. The summed E-state index contributed by atoms with van der Waals surface area (Å²) < 4.78 is 11.9. The highest BCUT2D eigenvalue weighted by Crippen LogP contribution is 2.26. The molecule has 11 amide bonds. The summed E-state index contributed by atoms with van der Waals surface area (Å²) >= 11 is 0. The van der Waals surface area contributed by atoms with Gasteiger partial charge in [-0.05, 0) is 96.3 Å². The monoisotopic (exact) mass is 1330 g/mol. The van der Waals surface area contributed by atoms with Crippen LogP contribution in [0.1, 0.15) is 157 Å². The van der Waals surface area contributed by atoms with E-state index in [2.05, 4.69) is 26.2 Å². The molecule has 0 aliphatic carbocycles. The summed E-state index contributed by atoms with van der Waals surface area (Å²) in [4.78, 5) is 175. The summed E-state index contributed by atoms with van der Waals surface area (Å²) in [5, 5.41) is 23.3. The normalized spacial score (nSPS) is 27.7. The number of carbonyl (C=O) groups excluding carboxylic acids is 11.